The van der Waals surface area contributed by atoms with Crippen molar-refractivity contribution in [3.8, 4) is 5.75 Å². The summed E-state index contributed by atoms with van der Waals surface area (Å²) in [5, 5.41) is 13.7. The van der Waals surface area contributed by atoms with E-state index in [-0.39, 0.29) is 29.1 Å². The number of ether oxygens (including phenoxy) is 1. The van der Waals surface area contributed by atoms with Gasteiger partial charge in [-0.05, 0) is 12.5 Å². The minimum Gasteiger partial charge on any atom is -0.490 e. The van der Waals surface area contributed by atoms with Crippen molar-refractivity contribution in [2.45, 2.75) is 13.5 Å². The van der Waals surface area contributed by atoms with Gasteiger partial charge in [-0.1, -0.05) is 0 Å². The topological polar surface area (TPSA) is 143 Å². The molecule has 0 aliphatic carbocycles. The molecule has 0 bridgehead atoms. The third-order valence-corrected chi connectivity index (χ3v) is 4.53. The number of aromatic nitrogens is 4. The Morgan fingerprint density at radius 3 is 2.59 bits per heavy atom. The monoisotopic (exact) mass is 402 g/mol. The van der Waals surface area contributed by atoms with Crippen LogP contribution in [-0.4, -0.2) is 36.6 Å². The predicted molar refractivity (Wildman–Crippen MR) is 103 cm³/mol. The van der Waals surface area contributed by atoms with Crippen LogP contribution in [-0.2, 0) is 25.4 Å². The molecular formula is C17H18N6O6. The van der Waals surface area contributed by atoms with Crippen LogP contribution in [0.2, 0.25) is 0 Å². The molecule has 0 aliphatic rings. The first kappa shape index (κ1) is 19.8. The molecule has 0 aliphatic heterocycles. The van der Waals surface area contributed by atoms with E-state index in [4.69, 9.17) is 4.74 Å². The van der Waals surface area contributed by atoms with Crippen LogP contribution in [0.25, 0.3) is 11.2 Å². The van der Waals surface area contributed by atoms with E-state index in [1.165, 1.54) is 48.8 Å². The van der Waals surface area contributed by atoms with Crippen LogP contribution < -0.4 is 21.3 Å². The Morgan fingerprint density at radius 1 is 1.28 bits per heavy atom. The van der Waals surface area contributed by atoms with E-state index in [0.717, 1.165) is 4.57 Å². The van der Waals surface area contributed by atoms with Gasteiger partial charge in [0.15, 0.2) is 16.9 Å². The highest BCUT2D eigenvalue weighted by Crippen LogP contribution is 2.32. The van der Waals surface area contributed by atoms with E-state index >= 15 is 0 Å². The van der Waals surface area contributed by atoms with Crippen molar-refractivity contribution < 1.29 is 14.5 Å². The molecule has 3 rings (SSSR count). The summed E-state index contributed by atoms with van der Waals surface area (Å²) in [5.41, 5.74) is -0.218. The summed E-state index contributed by atoms with van der Waals surface area (Å²) in [5.74, 6) is -0.480. The van der Waals surface area contributed by atoms with Gasteiger partial charge in [0.05, 0.1) is 18.4 Å². The van der Waals surface area contributed by atoms with Crippen molar-refractivity contribution in [1.82, 2.24) is 18.7 Å². The van der Waals surface area contributed by atoms with Crippen molar-refractivity contribution in [3.63, 3.8) is 0 Å². The summed E-state index contributed by atoms with van der Waals surface area (Å²) in [7, 11) is 4.11. The fourth-order valence-electron chi connectivity index (χ4n) is 2.97. The number of carbonyl (C=O) groups excluding carboxylic acids is 1. The molecule has 1 amide bonds. The summed E-state index contributed by atoms with van der Waals surface area (Å²) >= 11 is 0. The van der Waals surface area contributed by atoms with E-state index in [1.54, 1.807) is 6.92 Å². The highest BCUT2D eigenvalue weighted by Gasteiger charge is 2.20. The number of methoxy groups -OCH3 is 1. The fourth-order valence-corrected chi connectivity index (χ4v) is 2.97. The van der Waals surface area contributed by atoms with Crippen molar-refractivity contribution in [3.05, 3.63) is 55.0 Å². The molecule has 0 saturated carbocycles. The molecule has 12 heteroatoms. The number of hydrogen-bond acceptors (Lipinski definition) is 7. The van der Waals surface area contributed by atoms with E-state index in [0.29, 0.717) is 11.3 Å². The molecule has 0 saturated heterocycles. The lowest BCUT2D eigenvalue weighted by Crippen LogP contribution is -2.37. The van der Waals surface area contributed by atoms with Gasteiger partial charge in [0.1, 0.15) is 6.54 Å². The number of carbonyl (C=O) groups is 1. The van der Waals surface area contributed by atoms with Crippen LogP contribution in [0.4, 0.5) is 11.4 Å². The molecule has 1 aromatic carbocycles. The van der Waals surface area contributed by atoms with Gasteiger partial charge in [0.2, 0.25) is 5.91 Å². The second-order valence-electron chi connectivity index (χ2n) is 6.39. The number of rotatable bonds is 5. The maximum atomic E-state index is 12.5. The fraction of sp³-hybridized carbons (Fsp3) is 0.294. The van der Waals surface area contributed by atoms with Gasteiger partial charge >= 0.3 is 11.4 Å². The third-order valence-electron chi connectivity index (χ3n) is 4.53. The largest absolute Gasteiger partial charge is 0.490 e. The molecular weight excluding hydrogens is 384 g/mol. The Balaban J connectivity index is 1.94. The number of nitro benzene ring substituents is 1. The number of anilines is 1. The standard InChI is InChI=1S/C17H18N6O6/c1-9-5-11(23(27)28)12(29-4)6-10(9)19-13(24)7-22-8-18-15-14(22)16(25)21(3)17(26)20(15)2/h5-6,8H,7H2,1-4H3,(H,19,24). The van der Waals surface area contributed by atoms with Crippen LogP contribution in [0.15, 0.2) is 28.0 Å². The lowest BCUT2D eigenvalue weighted by molar-refractivity contribution is -0.385. The van der Waals surface area contributed by atoms with Gasteiger partial charge in [-0.15, -0.1) is 0 Å². The SMILES string of the molecule is COc1cc(NC(=O)Cn2cnc3c2c(=O)n(C)c(=O)n3C)c(C)cc1[N+](=O)[O-]. The van der Waals surface area contributed by atoms with Gasteiger partial charge in [-0.3, -0.25) is 28.8 Å². The summed E-state index contributed by atoms with van der Waals surface area (Å²) in [6.45, 7) is 1.36. The molecule has 0 spiro atoms. The zero-order chi connectivity index (χ0) is 21.5. The van der Waals surface area contributed by atoms with E-state index in [9.17, 15) is 24.5 Å². The minimum absolute atomic E-state index is 0.00727. The Morgan fingerprint density at radius 2 is 1.97 bits per heavy atom. The van der Waals surface area contributed by atoms with Gasteiger partial charge in [-0.2, -0.15) is 0 Å². The molecule has 0 atom stereocenters. The third kappa shape index (κ3) is 3.35. The molecule has 1 N–H and O–H groups in total. The van der Waals surface area contributed by atoms with E-state index in [1.807, 2.05) is 0 Å². The average molecular weight is 402 g/mol. The summed E-state index contributed by atoms with van der Waals surface area (Å²) in [6.07, 6.45) is 1.30. The zero-order valence-corrected chi connectivity index (χ0v) is 16.1. The Bertz CT molecular complexity index is 1270. The van der Waals surface area contributed by atoms with Gasteiger partial charge in [0, 0.05) is 31.9 Å². The lowest BCUT2D eigenvalue weighted by atomic mass is 10.1. The maximum absolute atomic E-state index is 12.5. The van der Waals surface area contributed by atoms with Gasteiger partial charge in [-0.25, -0.2) is 9.78 Å². The first-order valence-corrected chi connectivity index (χ1v) is 8.39. The summed E-state index contributed by atoms with van der Waals surface area (Å²) < 4.78 is 8.51. The van der Waals surface area contributed by atoms with E-state index in [2.05, 4.69) is 10.3 Å². The van der Waals surface area contributed by atoms with Crippen LogP contribution in [0, 0.1) is 17.0 Å². The van der Waals surface area contributed by atoms with Gasteiger partial charge in [0.25, 0.3) is 5.56 Å². The second kappa shape index (κ2) is 7.22. The zero-order valence-electron chi connectivity index (χ0n) is 16.1. The Labute approximate surface area is 163 Å². The van der Waals surface area contributed by atoms with Gasteiger partial charge < -0.3 is 14.6 Å². The molecule has 152 valence electrons. The molecule has 2 aromatic heterocycles. The normalized spacial score (nSPS) is 10.9. The number of benzene rings is 1. The first-order chi connectivity index (χ1) is 13.6. The smallest absolute Gasteiger partial charge is 0.332 e. The summed E-state index contributed by atoms with van der Waals surface area (Å²) in [4.78, 5) is 51.5. The highest BCUT2D eigenvalue weighted by atomic mass is 16.6. The molecule has 0 unspecified atom stereocenters. The van der Waals surface area contributed by atoms with Crippen LogP contribution in [0.5, 0.6) is 5.75 Å². The number of nitrogens with zero attached hydrogens (tertiary/aromatic N) is 5. The number of nitrogens with one attached hydrogen (secondary N) is 1. The molecule has 29 heavy (non-hydrogen) atoms. The summed E-state index contributed by atoms with van der Waals surface area (Å²) in [6, 6.07) is 2.66. The number of imidazole rings is 1. The number of amides is 1. The quantitative estimate of drug-likeness (QED) is 0.477. The lowest BCUT2D eigenvalue weighted by Gasteiger charge is -2.11. The minimum atomic E-state index is -0.574. The molecule has 3 aromatic rings. The average Bonchev–Trinajstić information content (AvgIpc) is 3.09. The molecule has 0 fully saturated rings. The Kier molecular flexibility index (Phi) is 4.93. The van der Waals surface area contributed by atoms with Crippen molar-refractivity contribution in [1.29, 1.82) is 0 Å². The number of nitro groups is 1. The van der Waals surface area contributed by atoms with Crippen LogP contribution in [0.3, 0.4) is 0 Å². The van der Waals surface area contributed by atoms with E-state index < -0.39 is 22.1 Å². The Hall–Kier alpha value is -3.96. The highest BCUT2D eigenvalue weighted by molar-refractivity contribution is 5.92. The molecule has 0 radical (unpaired) electrons. The van der Waals surface area contributed by atoms with Crippen LogP contribution in [0.1, 0.15) is 5.56 Å². The van der Waals surface area contributed by atoms with Crippen molar-refractivity contribution in [2.24, 2.45) is 14.1 Å². The maximum Gasteiger partial charge on any atom is 0.332 e. The first-order valence-electron chi connectivity index (χ1n) is 8.39. The molecule has 2 heterocycles. The van der Waals surface area contributed by atoms with Crippen molar-refractivity contribution in [2.75, 3.05) is 12.4 Å². The predicted octanol–water partition coefficient (Wildman–Crippen LogP) is 0.298. The number of aryl methyl sites for hydroxylation is 2. The number of fused-ring (bicyclic) bond motifs is 1. The van der Waals surface area contributed by atoms with Crippen LogP contribution >= 0.6 is 0 Å². The second-order valence-corrected chi connectivity index (χ2v) is 6.39. The number of hydrogen-bond donors (Lipinski definition) is 1. The van der Waals surface area contributed by atoms with Crippen molar-refractivity contribution >= 4 is 28.4 Å². The molecule has 12 nitrogen and oxygen atoms in total.